The molecule has 0 aliphatic heterocycles. The Labute approximate surface area is 126 Å². The number of carbonyl (C=O) groups excluding carboxylic acids is 1. The van der Waals surface area contributed by atoms with Crippen LogP contribution >= 0.6 is 15.9 Å². The first kappa shape index (κ1) is 14.7. The molecule has 0 aliphatic rings. The molecule has 0 radical (unpaired) electrons. The summed E-state index contributed by atoms with van der Waals surface area (Å²) in [5.41, 5.74) is 2.61. The van der Waals surface area contributed by atoms with Gasteiger partial charge in [-0.05, 0) is 36.2 Å². The number of amides is 1. The van der Waals surface area contributed by atoms with Crippen LogP contribution in [0.15, 0.2) is 48.5 Å². The van der Waals surface area contributed by atoms with E-state index in [-0.39, 0.29) is 23.0 Å². The average Bonchev–Trinajstić information content (AvgIpc) is 2.41. The molecule has 1 unspecified atom stereocenters. The number of hydrogen-bond acceptors (Lipinski definition) is 1. The second-order valence-electron chi connectivity index (χ2n) is 4.55. The number of para-hydroxylation sites is 1. The maximum absolute atomic E-state index is 12.8. The van der Waals surface area contributed by atoms with Crippen molar-refractivity contribution in [2.24, 2.45) is 0 Å². The minimum atomic E-state index is -0.299. The van der Waals surface area contributed by atoms with Crippen molar-refractivity contribution < 1.29 is 9.18 Å². The maximum Gasteiger partial charge on any atom is 0.228 e. The van der Waals surface area contributed by atoms with Gasteiger partial charge in [0.05, 0.1) is 6.42 Å². The maximum atomic E-state index is 12.8. The predicted molar refractivity (Wildman–Crippen MR) is 82.5 cm³/mol. The van der Waals surface area contributed by atoms with Crippen LogP contribution in [-0.4, -0.2) is 5.91 Å². The summed E-state index contributed by atoms with van der Waals surface area (Å²) >= 11 is 3.51. The normalized spacial score (nSPS) is 11.9. The van der Waals surface area contributed by atoms with Gasteiger partial charge >= 0.3 is 0 Å². The van der Waals surface area contributed by atoms with Crippen molar-refractivity contribution >= 4 is 27.5 Å². The van der Waals surface area contributed by atoms with Gasteiger partial charge in [-0.3, -0.25) is 4.79 Å². The van der Waals surface area contributed by atoms with Crippen molar-refractivity contribution in [1.82, 2.24) is 0 Å². The number of carbonyl (C=O) groups is 1. The van der Waals surface area contributed by atoms with E-state index >= 15 is 0 Å². The lowest BCUT2D eigenvalue weighted by Crippen LogP contribution is -2.15. The van der Waals surface area contributed by atoms with Crippen LogP contribution in [-0.2, 0) is 11.2 Å². The van der Waals surface area contributed by atoms with Crippen LogP contribution in [0, 0.1) is 5.82 Å². The molecule has 0 saturated carbocycles. The highest BCUT2D eigenvalue weighted by molar-refractivity contribution is 9.09. The lowest BCUT2D eigenvalue weighted by Gasteiger charge is -2.12. The van der Waals surface area contributed by atoms with E-state index in [1.54, 1.807) is 12.1 Å². The number of hydrogen-bond donors (Lipinski definition) is 1. The lowest BCUT2D eigenvalue weighted by molar-refractivity contribution is -0.115. The summed E-state index contributed by atoms with van der Waals surface area (Å²) in [6, 6.07) is 13.6. The fraction of sp³-hybridized carbons (Fsp3) is 0.188. The molecule has 2 rings (SSSR count). The van der Waals surface area contributed by atoms with Crippen LogP contribution < -0.4 is 5.32 Å². The molecular formula is C16H15BrFNO. The molecule has 1 amide bonds. The molecular weight excluding hydrogens is 321 g/mol. The van der Waals surface area contributed by atoms with Gasteiger partial charge in [0, 0.05) is 10.5 Å². The number of halogens is 2. The molecule has 2 nitrogen and oxygen atoms in total. The zero-order valence-corrected chi connectivity index (χ0v) is 12.7. The third-order valence-electron chi connectivity index (χ3n) is 2.94. The highest BCUT2D eigenvalue weighted by Gasteiger charge is 2.10. The Bertz CT molecular complexity index is 596. The largest absolute Gasteiger partial charge is 0.326 e. The second kappa shape index (κ2) is 6.66. The van der Waals surface area contributed by atoms with Gasteiger partial charge in [-0.15, -0.1) is 0 Å². The fourth-order valence-electron chi connectivity index (χ4n) is 1.94. The average molecular weight is 336 g/mol. The Balaban J connectivity index is 2.07. The van der Waals surface area contributed by atoms with Crippen LogP contribution in [0.1, 0.15) is 22.9 Å². The number of nitrogens with one attached hydrogen (secondary N) is 1. The van der Waals surface area contributed by atoms with Gasteiger partial charge in [-0.1, -0.05) is 46.3 Å². The number of benzene rings is 2. The van der Waals surface area contributed by atoms with Crippen LogP contribution in [0.3, 0.4) is 0 Å². The summed E-state index contributed by atoms with van der Waals surface area (Å²) in [5, 5.41) is 2.89. The SMILES string of the molecule is CC(Br)c1ccccc1NC(=O)Cc1ccc(F)cc1. The van der Waals surface area contributed by atoms with Crippen molar-refractivity contribution in [3.05, 3.63) is 65.5 Å². The standard InChI is InChI=1S/C16H15BrFNO/c1-11(17)14-4-2-3-5-15(14)19-16(20)10-12-6-8-13(18)9-7-12/h2-9,11H,10H2,1H3,(H,19,20). The molecule has 0 fully saturated rings. The summed E-state index contributed by atoms with van der Waals surface area (Å²) in [6.07, 6.45) is 0.227. The van der Waals surface area contributed by atoms with Crippen LogP contribution in [0.4, 0.5) is 10.1 Å². The second-order valence-corrected chi connectivity index (χ2v) is 5.93. The van der Waals surface area contributed by atoms with Crippen LogP contribution in [0.25, 0.3) is 0 Å². The van der Waals surface area contributed by atoms with Gasteiger partial charge in [0.15, 0.2) is 0 Å². The Morgan fingerprint density at radius 1 is 1.20 bits per heavy atom. The molecule has 2 aromatic carbocycles. The third kappa shape index (κ3) is 3.90. The predicted octanol–water partition coefficient (Wildman–Crippen LogP) is 4.46. The van der Waals surface area contributed by atoms with Crippen molar-refractivity contribution in [3.8, 4) is 0 Å². The summed E-state index contributed by atoms with van der Waals surface area (Å²) in [7, 11) is 0. The summed E-state index contributed by atoms with van der Waals surface area (Å²) < 4.78 is 12.8. The molecule has 2 aromatic rings. The molecule has 0 bridgehead atoms. The first-order chi connectivity index (χ1) is 9.56. The monoisotopic (exact) mass is 335 g/mol. The van der Waals surface area contributed by atoms with Crippen molar-refractivity contribution in [1.29, 1.82) is 0 Å². The van der Waals surface area contributed by atoms with Gasteiger partial charge < -0.3 is 5.32 Å². The summed E-state index contributed by atoms with van der Waals surface area (Å²) in [5.74, 6) is -0.412. The van der Waals surface area contributed by atoms with Gasteiger partial charge in [0.1, 0.15) is 5.82 Å². The van der Waals surface area contributed by atoms with E-state index < -0.39 is 0 Å². The van der Waals surface area contributed by atoms with Crippen LogP contribution in [0.2, 0.25) is 0 Å². The number of anilines is 1. The van der Waals surface area contributed by atoms with Gasteiger partial charge in [0.25, 0.3) is 0 Å². The number of rotatable bonds is 4. The first-order valence-corrected chi connectivity index (χ1v) is 7.25. The van der Waals surface area contributed by atoms with Crippen molar-refractivity contribution in [2.75, 3.05) is 5.32 Å². The highest BCUT2D eigenvalue weighted by atomic mass is 79.9. The van der Waals surface area contributed by atoms with E-state index in [2.05, 4.69) is 21.2 Å². The molecule has 104 valence electrons. The number of alkyl halides is 1. The molecule has 1 N–H and O–H groups in total. The van der Waals surface area contributed by atoms with E-state index in [4.69, 9.17) is 0 Å². The Hall–Kier alpha value is -1.68. The highest BCUT2D eigenvalue weighted by Crippen LogP contribution is 2.28. The Morgan fingerprint density at radius 3 is 2.50 bits per heavy atom. The van der Waals surface area contributed by atoms with Gasteiger partial charge in [-0.25, -0.2) is 4.39 Å². The molecule has 0 aromatic heterocycles. The smallest absolute Gasteiger partial charge is 0.228 e. The van der Waals surface area contributed by atoms with Gasteiger partial charge in [-0.2, -0.15) is 0 Å². The van der Waals surface area contributed by atoms with Gasteiger partial charge in [0.2, 0.25) is 5.91 Å². The quantitative estimate of drug-likeness (QED) is 0.821. The Kier molecular flexibility index (Phi) is 4.90. The molecule has 20 heavy (non-hydrogen) atoms. The zero-order chi connectivity index (χ0) is 14.5. The fourth-order valence-corrected chi connectivity index (χ4v) is 2.34. The zero-order valence-electron chi connectivity index (χ0n) is 11.1. The van der Waals surface area contributed by atoms with Crippen LogP contribution in [0.5, 0.6) is 0 Å². The van der Waals surface area contributed by atoms with E-state index in [1.807, 2.05) is 31.2 Å². The Morgan fingerprint density at radius 2 is 1.85 bits per heavy atom. The minimum Gasteiger partial charge on any atom is -0.326 e. The third-order valence-corrected chi connectivity index (χ3v) is 3.43. The van der Waals surface area contributed by atoms with E-state index in [0.29, 0.717) is 0 Å². The van der Waals surface area contributed by atoms with Crippen molar-refractivity contribution in [3.63, 3.8) is 0 Å². The van der Waals surface area contributed by atoms with E-state index in [0.717, 1.165) is 16.8 Å². The molecule has 4 heteroatoms. The molecule has 1 atom stereocenters. The summed E-state index contributed by atoms with van der Waals surface area (Å²) in [6.45, 7) is 2.00. The molecule has 0 spiro atoms. The molecule has 0 aliphatic carbocycles. The molecule has 0 saturated heterocycles. The van der Waals surface area contributed by atoms with E-state index in [9.17, 15) is 9.18 Å². The first-order valence-electron chi connectivity index (χ1n) is 6.33. The summed E-state index contributed by atoms with van der Waals surface area (Å²) in [4.78, 5) is 12.2. The van der Waals surface area contributed by atoms with Crippen molar-refractivity contribution in [2.45, 2.75) is 18.2 Å². The minimum absolute atomic E-state index is 0.114. The lowest BCUT2D eigenvalue weighted by atomic mass is 10.1. The van der Waals surface area contributed by atoms with E-state index in [1.165, 1.54) is 12.1 Å². The molecule has 0 heterocycles. The topological polar surface area (TPSA) is 29.1 Å².